The van der Waals surface area contributed by atoms with E-state index in [2.05, 4.69) is 77.0 Å². The van der Waals surface area contributed by atoms with Gasteiger partial charge in [0.1, 0.15) is 0 Å². The molecule has 1 aliphatic rings. The molecular weight excluding hydrogens is 356 g/mol. The van der Waals surface area contributed by atoms with E-state index >= 15 is 0 Å². The average molecular weight is 383 g/mol. The number of fused-ring (bicyclic) bond motifs is 1. The van der Waals surface area contributed by atoms with Crippen molar-refractivity contribution < 1.29 is 0 Å². The van der Waals surface area contributed by atoms with E-state index in [-0.39, 0.29) is 0 Å². The molecule has 2 aromatic carbocycles. The first kappa shape index (κ1) is 18.1. The van der Waals surface area contributed by atoms with Crippen LogP contribution < -0.4 is 0 Å². The molecule has 4 aromatic rings. The molecule has 4 nitrogen and oxygen atoms in total. The van der Waals surface area contributed by atoms with E-state index in [9.17, 15) is 0 Å². The van der Waals surface area contributed by atoms with Crippen molar-refractivity contribution >= 4 is 5.65 Å². The molecule has 5 rings (SSSR count). The van der Waals surface area contributed by atoms with Crippen molar-refractivity contribution in [1.29, 1.82) is 0 Å². The van der Waals surface area contributed by atoms with Crippen LogP contribution in [-0.2, 0) is 6.54 Å². The summed E-state index contributed by atoms with van der Waals surface area (Å²) < 4.78 is 2.09. The lowest BCUT2D eigenvalue weighted by molar-refractivity contribution is 0.197. The third-order valence-corrected chi connectivity index (χ3v) is 5.96. The van der Waals surface area contributed by atoms with Crippen LogP contribution in [0.3, 0.4) is 0 Å². The Morgan fingerprint density at radius 2 is 1.72 bits per heavy atom. The molecule has 146 valence electrons. The lowest BCUT2D eigenvalue weighted by Crippen LogP contribution is -2.34. The number of aryl methyl sites for hydroxylation is 1. The molecule has 3 heterocycles. The van der Waals surface area contributed by atoms with Crippen molar-refractivity contribution in [3.05, 3.63) is 89.9 Å². The van der Waals surface area contributed by atoms with Gasteiger partial charge in [0.05, 0.1) is 11.4 Å². The molecule has 2 aromatic heterocycles. The Bertz CT molecular complexity index is 1100. The molecule has 0 N–H and O–H groups in total. The van der Waals surface area contributed by atoms with Crippen molar-refractivity contribution in [2.45, 2.75) is 32.2 Å². The molecule has 1 atom stereocenters. The Kier molecular flexibility index (Phi) is 4.86. The van der Waals surface area contributed by atoms with Gasteiger partial charge in [-0.1, -0.05) is 60.7 Å². The van der Waals surface area contributed by atoms with E-state index < -0.39 is 0 Å². The number of aromatic nitrogens is 3. The molecule has 1 fully saturated rings. The third kappa shape index (κ3) is 3.56. The topological polar surface area (TPSA) is 33.4 Å². The fourth-order valence-corrected chi connectivity index (χ4v) is 4.60. The van der Waals surface area contributed by atoms with Crippen LogP contribution in [0.2, 0.25) is 0 Å². The molecular formula is C25H26N4. The quantitative estimate of drug-likeness (QED) is 0.493. The fourth-order valence-electron chi connectivity index (χ4n) is 4.60. The molecule has 0 bridgehead atoms. The third-order valence-electron chi connectivity index (χ3n) is 5.96. The summed E-state index contributed by atoms with van der Waals surface area (Å²) in [6.45, 7) is 5.32. The molecule has 29 heavy (non-hydrogen) atoms. The Hall–Kier alpha value is -2.98. The minimum absolute atomic E-state index is 0.473. The Morgan fingerprint density at radius 1 is 0.966 bits per heavy atom. The van der Waals surface area contributed by atoms with Crippen molar-refractivity contribution in [3.8, 4) is 11.1 Å². The second-order valence-electron chi connectivity index (χ2n) is 7.99. The molecule has 1 aliphatic heterocycles. The van der Waals surface area contributed by atoms with Crippen molar-refractivity contribution in [2.75, 3.05) is 13.1 Å². The number of hydrogen-bond acceptors (Lipinski definition) is 3. The van der Waals surface area contributed by atoms with Gasteiger partial charge in [0, 0.05) is 30.8 Å². The second-order valence-corrected chi connectivity index (χ2v) is 7.99. The van der Waals surface area contributed by atoms with Crippen LogP contribution in [0.15, 0.2) is 72.9 Å². The van der Waals surface area contributed by atoms with Gasteiger partial charge >= 0.3 is 0 Å². The second kappa shape index (κ2) is 7.80. The molecule has 0 aliphatic carbocycles. The maximum absolute atomic E-state index is 4.91. The monoisotopic (exact) mass is 382 g/mol. The lowest BCUT2D eigenvalue weighted by atomic mass is 9.94. The van der Waals surface area contributed by atoms with Crippen LogP contribution in [-0.4, -0.2) is 32.6 Å². The standard InChI is InChI=1S/C25H26N4/c1-19-24(21-11-6-3-7-12-21)25-26-15-14-23(29(25)27-19)22-13-8-16-28(18-22)17-20-9-4-2-5-10-20/h2-7,9-12,14-15,22H,8,13,16-18H2,1H3. The van der Waals surface area contributed by atoms with Gasteiger partial charge in [-0.05, 0) is 43.5 Å². The van der Waals surface area contributed by atoms with Crippen molar-refractivity contribution in [3.63, 3.8) is 0 Å². The summed E-state index contributed by atoms with van der Waals surface area (Å²) in [6, 6.07) is 23.4. The van der Waals surface area contributed by atoms with Crippen LogP contribution in [0, 0.1) is 6.92 Å². The van der Waals surface area contributed by atoms with Crippen LogP contribution in [0.4, 0.5) is 0 Å². The molecule has 0 spiro atoms. The SMILES string of the molecule is Cc1nn2c(C3CCCN(Cc4ccccc4)C3)ccnc2c1-c1ccccc1. The maximum atomic E-state index is 4.91. The summed E-state index contributed by atoms with van der Waals surface area (Å²) in [6.07, 6.45) is 4.37. The zero-order valence-electron chi connectivity index (χ0n) is 16.8. The Labute approximate surface area is 171 Å². The minimum atomic E-state index is 0.473. The summed E-state index contributed by atoms with van der Waals surface area (Å²) in [5.74, 6) is 0.473. The number of nitrogens with zero attached hydrogens (tertiary/aromatic N) is 4. The normalized spacial score (nSPS) is 17.6. The summed E-state index contributed by atoms with van der Waals surface area (Å²) in [5, 5.41) is 4.91. The highest BCUT2D eigenvalue weighted by atomic mass is 15.3. The first-order chi connectivity index (χ1) is 14.3. The van der Waals surface area contributed by atoms with Gasteiger partial charge in [-0.15, -0.1) is 0 Å². The van der Waals surface area contributed by atoms with Gasteiger partial charge in [0.2, 0.25) is 0 Å². The van der Waals surface area contributed by atoms with Crippen LogP contribution in [0.1, 0.15) is 35.7 Å². The fraction of sp³-hybridized carbons (Fsp3) is 0.280. The molecule has 1 unspecified atom stereocenters. The van der Waals surface area contributed by atoms with Gasteiger partial charge in [0.15, 0.2) is 5.65 Å². The molecule has 4 heteroatoms. The number of piperidine rings is 1. The summed E-state index contributed by atoms with van der Waals surface area (Å²) in [4.78, 5) is 7.28. The maximum Gasteiger partial charge on any atom is 0.163 e. The Morgan fingerprint density at radius 3 is 2.52 bits per heavy atom. The van der Waals surface area contributed by atoms with E-state index in [0.717, 1.165) is 36.5 Å². The van der Waals surface area contributed by atoms with Crippen LogP contribution in [0.25, 0.3) is 16.8 Å². The van der Waals surface area contributed by atoms with Crippen LogP contribution in [0.5, 0.6) is 0 Å². The van der Waals surface area contributed by atoms with Crippen LogP contribution >= 0.6 is 0 Å². The highest BCUT2D eigenvalue weighted by Gasteiger charge is 2.25. The highest BCUT2D eigenvalue weighted by molar-refractivity contribution is 5.79. The molecule has 0 amide bonds. The summed E-state index contributed by atoms with van der Waals surface area (Å²) in [5.41, 5.74) is 6.98. The zero-order chi connectivity index (χ0) is 19.6. The van der Waals surface area contributed by atoms with Gasteiger partial charge < -0.3 is 0 Å². The first-order valence-electron chi connectivity index (χ1n) is 10.5. The molecule has 0 saturated carbocycles. The highest BCUT2D eigenvalue weighted by Crippen LogP contribution is 2.32. The van der Waals surface area contributed by atoms with Gasteiger partial charge in [-0.25, -0.2) is 9.50 Å². The zero-order valence-corrected chi connectivity index (χ0v) is 16.8. The van der Waals surface area contributed by atoms with E-state index in [1.807, 2.05) is 12.3 Å². The van der Waals surface area contributed by atoms with E-state index in [0.29, 0.717) is 5.92 Å². The van der Waals surface area contributed by atoms with Crippen molar-refractivity contribution in [2.24, 2.45) is 0 Å². The minimum Gasteiger partial charge on any atom is -0.298 e. The Balaban J connectivity index is 1.47. The number of benzene rings is 2. The van der Waals surface area contributed by atoms with Gasteiger partial charge in [0.25, 0.3) is 0 Å². The average Bonchev–Trinajstić information content (AvgIpc) is 3.11. The summed E-state index contributed by atoms with van der Waals surface area (Å²) in [7, 11) is 0. The molecule has 0 radical (unpaired) electrons. The van der Waals surface area contributed by atoms with Gasteiger partial charge in [-0.3, -0.25) is 4.90 Å². The predicted octanol–water partition coefficient (Wildman–Crippen LogP) is 5.08. The number of likely N-dealkylation sites (tertiary alicyclic amines) is 1. The van der Waals surface area contributed by atoms with Gasteiger partial charge in [-0.2, -0.15) is 5.10 Å². The molecule has 1 saturated heterocycles. The van der Waals surface area contributed by atoms with E-state index in [1.165, 1.54) is 29.7 Å². The first-order valence-corrected chi connectivity index (χ1v) is 10.5. The largest absolute Gasteiger partial charge is 0.298 e. The lowest BCUT2D eigenvalue weighted by Gasteiger charge is -2.33. The van der Waals surface area contributed by atoms with E-state index in [1.54, 1.807) is 0 Å². The predicted molar refractivity (Wildman–Crippen MR) is 117 cm³/mol. The summed E-state index contributed by atoms with van der Waals surface area (Å²) >= 11 is 0. The smallest absolute Gasteiger partial charge is 0.163 e. The number of rotatable bonds is 4. The van der Waals surface area contributed by atoms with E-state index in [4.69, 9.17) is 10.1 Å². The number of hydrogen-bond donors (Lipinski definition) is 0. The van der Waals surface area contributed by atoms with Crippen molar-refractivity contribution in [1.82, 2.24) is 19.5 Å².